The summed E-state index contributed by atoms with van der Waals surface area (Å²) in [6, 6.07) is 1.92. The van der Waals surface area contributed by atoms with Gasteiger partial charge in [0.15, 0.2) is 5.96 Å². The Morgan fingerprint density at radius 3 is 2.92 bits per heavy atom. The molecule has 0 radical (unpaired) electrons. The molecule has 0 saturated carbocycles. The molecule has 1 unspecified atom stereocenters. The fourth-order valence-electron chi connectivity index (χ4n) is 2.33. The highest BCUT2D eigenvalue weighted by atomic mass is 127. The molecule has 0 bridgehead atoms. The Kier molecular flexibility index (Phi) is 10.5. The Morgan fingerprint density at radius 2 is 2.28 bits per heavy atom. The second kappa shape index (κ2) is 12.1. The minimum Gasteiger partial charge on any atom is -0.381 e. The third-order valence-corrected chi connectivity index (χ3v) is 3.87. The summed E-state index contributed by atoms with van der Waals surface area (Å²) in [7, 11) is 3.47. The molecule has 1 atom stereocenters. The van der Waals surface area contributed by atoms with Crippen LogP contribution in [0.3, 0.4) is 0 Å². The van der Waals surface area contributed by atoms with E-state index in [0.717, 1.165) is 45.7 Å². The summed E-state index contributed by atoms with van der Waals surface area (Å²) in [6.07, 6.45) is 5.72. The van der Waals surface area contributed by atoms with E-state index in [2.05, 4.69) is 20.7 Å². The van der Waals surface area contributed by atoms with Gasteiger partial charge in [0.05, 0.1) is 6.61 Å². The Labute approximate surface area is 166 Å². The standard InChI is InChI=1S/C16H28N6O2.HI/c1-21(2)15(23)12-19-16(18-11-14-5-10-24-13-14)17-6-3-8-22-9-4-7-20-22;/h4,7,9,14H,3,5-6,8,10-13H2,1-2H3,(H2,17,18,19);1H. The van der Waals surface area contributed by atoms with Crippen LogP contribution < -0.4 is 10.6 Å². The van der Waals surface area contributed by atoms with Crippen LogP contribution in [0.4, 0.5) is 0 Å². The molecule has 2 heterocycles. The molecule has 0 aromatic carbocycles. The molecule has 1 aromatic heterocycles. The van der Waals surface area contributed by atoms with Crippen molar-refractivity contribution in [2.45, 2.75) is 19.4 Å². The van der Waals surface area contributed by atoms with Crippen molar-refractivity contribution >= 4 is 35.8 Å². The van der Waals surface area contributed by atoms with Crippen LogP contribution >= 0.6 is 24.0 Å². The Morgan fingerprint density at radius 1 is 1.44 bits per heavy atom. The van der Waals surface area contributed by atoms with E-state index >= 15 is 0 Å². The largest absolute Gasteiger partial charge is 0.381 e. The molecule has 1 amide bonds. The third kappa shape index (κ3) is 8.52. The topological polar surface area (TPSA) is 83.8 Å². The van der Waals surface area contributed by atoms with Gasteiger partial charge in [0.2, 0.25) is 5.91 Å². The van der Waals surface area contributed by atoms with Crippen LogP contribution in [0.5, 0.6) is 0 Å². The first-order valence-corrected chi connectivity index (χ1v) is 8.42. The highest BCUT2D eigenvalue weighted by Crippen LogP contribution is 2.10. The number of ether oxygens (including phenoxy) is 1. The van der Waals surface area contributed by atoms with Gasteiger partial charge in [0, 0.05) is 58.6 Å². The minimum absolute atomic E-state index is 0. The highest BCUT2D eigenvalue weighted by molar-refractivity contribution is 14.0. The number of hydrogen-bond donors (Lipinski definition) is 2. The molecule has 9 heteroatoms. The number of aryl methyl sites for hydroxylation is 1. The van der Waals surface area contributed by atoms with Gasteiger partial charge in [0.25, 0.3) is 0 Å². The fourth-order valence-corrected chi connectivity index (χ4v) is 2.33. The predicted octanol–water partition coefficient (Wildman–Crippen LogP) is 0.551. The zero-order chi connectivity index (χ0) is 17.2. The van der Waals surface area contributed by atoms with Crippen LogP contribution in [-0.2, 0) is 16.1 Å². The SMILES string of the molecule is CN(C)C(=O)CN=C(NCCCn1cccn1)NCC1CCOC1.I. The number of carbonyl (C=O) groups excluding carboxylic acids is 1. The van der Waals surface area contributed by atoms with Crippen molar-refractivity contribution in [1.29, 1.82) is 0 Å². The van der Waals surface area contributed by atoms with Gasteiger partial charge < -0.3 is 20.3 Å². The van der Waals surface area contributed by atoms with E-state index in [4.69, 9.17) is 4.74 Å². The normalized spacial score (nSPS) is 17.0. The summed E-state index contributed by atoms with van der Waals surface area (Å²) >= 11 is 0. The van der Waals surface area contributed by atoms with E-state index in [0.29, 0.717) is 11.9 Å². The summed E-state index contributed by atoms with van der Waals surface area (Å²) in [6.45, 7) is 4.18. The average Bonchev–Trinajstić information content (AvgIpc) is 3.26. The minimum atomic E-state index is -0.0168. The summed E-state index contributed by atoms with van der Waals surface area (Å²) < 4.78 is 7.29. The van der Waals surface area contributed by atoms with Gasteiger partial charge in [0.1, 0.15) is 6.54 Å². The van der Waals surface area contributed by atoms with Crippen LogP contribution in [-0.4, -0.2) is 73.5 Å². The Balaban J connectivity index is 0.00000312. The molecule has 2 N–H and O–H groups in total. The van der Waals surface area contributed by atoms with E-state index in [-0.39, 0.29) is 36.4 Å². The van der Waals surface area contributed by atoms with E-state index in [1.165, 1.54) is 0 Å². The molecule has 0 spiro atoms. The van der Waals surface area contributed by atoms with Crippen molar-refractivity contribution in [3.63, 3.8) is 0 Å². The van der Waals surface area contributed by atoms with Gasteiger partial charge in [-0.1, -0.05) is 0 Å². The molecule has 0 aliphatic carbocycles. The molecule has 1 aromatic rings. The second-order valence-electron chi connectivity index (χ2n) is 6.11. The zero-order valence-electron chi connectivity index (χ0n) is 15.0. The van der Waals surface area contributed by atoms with Crippen LogP contribution in [0.25, 0.3) is 0 Å². The number of likely N-dealkylation sites (N-methyl/N-ethyl adjacent to an activating group) is 1. The number of aromatic nitrogens is 2. The number of guanidine groups is 1. The first-order chi connectivity index (χ1) is 11.6. The number of carbonyl (C=O) groups is 1. The molecule has 1 fully saturated rings. The Bertz CT molecular complexity index is 515. The van der Waals surface area contributed by atoms with Gasteiger partial charge in [-0.2, -0.15) is 5.10 Å². The number of hydrogen-bond acceptors (Lipinski definition) is 4. The zero-order valence-corrected chi connectivity index (χ0v) is 17.3. The smallest absolute Gasteiger partial charge is 0.243 e. The van der Waals surface area contributed by atoms with Crippen molar-refractivity contribution in [3.05, 3.63) is 18.5 Å². The third-order valence-electron chi connectivity index (χ3n) is 3.87. The molecule has 142 valence electrons. The lowest BCUT2D eigenvalue weighted by Gasteiger charge is -2.15. The highest BCUT2D eigenvalue weighted by Gasteiger charge is 2.15. The van der Waals surface area contributed by atoms with E-state index in [1.54, 1.807) is 25.2 Å². The quantitative estimate of drug-likeness (QED) is 0.254. The van der Waals surface area contributed by atoms with E-state index < -0.39 is 0 Å². The van der Waals surface area contributed by atoms with Crippen LogP contribution in [0.1, 0.15) is 12.8 Å². The number of nitrogens with zero attached hydrogens (tertiary/aromatic N) is 4. The number of halogens is 1. The number of nitrogens with one attached hydrogen (secondary N) is 2. The monoisotopic (exact) mass is 464 g/mol. The number of rotatable bonds is 8. The number of aliphatic imine (C=N–C) groups is 1. The van der Waals surface area contributed by atoms with Crippen LogP contribution in [0.2, 0.25) is 0 Å². The van der Waals surface area contributed by atoms with Crippen molar-refractivity contribution < 1.29 is 9.53 Å². The molecule has 8 nitrogen and oxygen atoms in total. The Hall–Kier alpha value is -1.36. The lowest BCUT2D eigenvalue weighted by Crippen LogP contribution is -2.41. The van der Waals surface area contributed by atoms with E-state index in [9.17, 15) is 4.79 Å². The lowest BCUT2D eigenvalue weighted by molar-refractivity contribution is -0.127. The first kappa shape index (κ1) is 21.7. The average molecular weight is 464 g/mol. The van der Waals surface area contributed by atoms with Gasteiger partial charge in [-0.15, -0.1) is 24.0 Å². The van der Waals surface area contributed by atoms with Crippen molar-refractivity contribution in [2.75, 3.05) is 46.9 Å². The molecule has 25 heavy (non-hydrogen) atoms. The molecular weight excluding hydrogens is 435 g/mol. The lowest BCUT2D eigenvalue weighted by atomic mass is 10.1. The van der Waals surface area contributed by atoms with Crippen LogP contribution in [0.15, 0.2) is 23.5 Å². The molecular formula is C16H29IN6O2. The fraction of sp³-hybridized carbons (Fsp3) is 0.688. The molecule has 1 aliphatic rings. The summed E-state index contributed by atoms with van der Waals surface area (Å²) in [5, 5.41) is 10.8. The maximum absolute atomic E-state index is 11.7. The first-order valence-electron chi connectivity index (χ1n) is 8.42. The molecule has 2 rings (SSSR count). The van der Waals surface area contributed by atoms with Gasteiger partial charge in [-0.05, 0) is 18.9 Å². The number of amides is 1. The van der Waals surface area contributed by atoms with E-state index in [1.807, 2.05) is 16.9 Å². The van der Waals surface area contributed by atoms with Crippen molar-refractivity contribution in [2.24, 2.45) is 10.9 Å². The van der Waals surface area contributed by atoms with Gasteiger partial charge in [-0.3, -0.25) is 9.48 Å². The molecule has 1 aliphatic heterocycles. The van der Waals surface area contributed by atoms with Gasteiger partial charge in [-0.25, -0.2) is 4.99 Å². The summed E-state index contributed by atoms with van der Waals surface area (Å²) in [4.78, 5) is 17.7. The van der Waals surface area contributed by atoms with Crippen LogP contribution in [0, 0.1) is 5.92 Å². The van der Waals surface area contributed by atoms with Crippen molar-refractivity contribution in [3.8, 4) is 0 Å². The maximum atomic E-state index is 11.7. The summed E-state index contributed by atoms with van der Waals surface area (Å²) in [5.74, 6) is 1.17. The maximum Gasteiger partial charge on any atom is 0.243 e. The molecule has 1 saturated heterocycles. The predicted molar refractivity (Wildman–Crippen MR) is 108 cm³/mol. The summed E-state index contributed by atoms with van der Waals surface area (Å²) in [5.41, 5.74) is 0. The van der Waals surface area contributed by atoms with Crippen molar-refractivity contribution in [1.82, 2.24) is 25.3 Å². The van der Waals surface area contributed by atoms with Gasteiger partial charge >= 0.3 is 0 Å². The second-order valence-corrected chi connectivity index (χ2v) is 6.11.